The smallest absolute Gasteiger partial charge is 0.146 e. The van der Waals surface area contributed by atoms with Gasteiger partial charge in [0.2, 0.25) is 0 Å². The first kappa shape index (κ1) is 14.7. The molecule has 1 aromatic rings. The van der Waals surface area contributed by atoms with Crippen molar-refractivity contribution in [3.05, 3.63) is 12.4 Å². The summed E-state index contributed by atoms with van der Waals surface area (Å²) in [6.45, 7) is 7.94. The Hall–Kier alpha value is -1.36. The lowest BCUT2D eigenvalue weighted by Crippen LogP contribution is -2.32. The van der Waals surface area contributed by atoms with Crippen LogP contribution in [0.5, 0.6) is 0 Å². The molecule has 0 bridgehead atoms. The SMILES string of the molecule is CCNc1cncc(NCC(CC)(CC)CO)n1. The predicted octanol–water partition coefficient (Wildman–Crippen LogP) is 2.12. The van der Waals surface area contributed by atoms with Crippen LogP contribution in [-0.2, 0) is 0 Å². The lowest BCUT2D eigenvalue weighted by atomic mass is 9.83. The third-order valence-corrected chi connectivity index (χ3v) is 3.47. The average molecular weight is 252 g/mol. The Morgan fingerprint density at radius 2 is 1.72 bits per heavy atom. The van der Waals surface area contributed by atoms with Crippen molar-refractivity contribution in [1.29, 1.82) is 0 Å². The number of anilines is 2. The Morgan fingerprint density at radius 1 is 1.11 bits per heavy atom. The van der Waals surface area contributed by atoms with Crippen molar-refractivity contribution in [3.63, 3.8) is 0 Å². The largest absolute Gasteiger partial charge is 0.396 e. The molecule has 0 amide bonds. The molecule has 1 rings (SSSR count). The molecule has 0 aliphatic carbocycles. The lowest BCUT2D eigenvalue weighted by molar-refractivity contribution is 0.127. The Morgan fingerprint density at radius 3 is 2.22 bits per heavy atom. The summed E-state index contributed by atoms with van der Waals surface area (Å²) in [5.74, 6) is 1.51. The highest BCUT2D eigenvalue weighted by atomic mass is 16.3. The van der Waals surface area contributed by atoms with Crippen molar-refractivity contribution in [3.8, 4) is 0 Å². The maximum Gasteiger partial charge on any atom is 0.146 e. The van der Waals surface area contributed by atoms with Crippen molar-refractivity contribution in [2.24, 2.45) is 5.41 Å². The number of rotatable bonds is 8. The maximum atomic E-state index is 9.50. The van der Waals surface area contributed by atoms with Crippen LogP contribution in [0, 0.1) is 5.41 Å². The predicted molar refractivity (Wildman–Crippen MR) is 74.8 cm³/mol. The fraction of sp³-hybridized carbons (Fsp3) is 0.692. The first-order valence-corrected chi connectivity index (χ1v) is 6.60. The molecule has 1 aromatic heterocycles. The van der Waals surface area contributed by atoms with Crippen molar-refractivity contribution >= 4 is 11.6 Å². The molecule has 5 nitrogen and oxygen atoms in total. The van der Waals surface area contributed by atoms with Crippen molar-refractivity contribution in [1.82, 2.24) is 9.97 Å². The Labute approximate surface area is 109 Å². The van der Waals surface area contributed by atoms with Crippen LogP contribution >= 0.6 is 0 Å². The van der Waals surface area contributed by atoms with E-state index in [-0.39, 0.29) is 12.0 Å². The molecule has 1 heterocycles. The zero-order valence-electron chi connectivity index (χ0n) is 11.5. The summed E-state index contributed by atoms with van der Waals surface area (Å²) in [6.07, 6.45) is 5.28. The Kier molecular flexibility index (Phi) is 5.85. The van der Waals surface area contributed by atoms with E-state index < -0.39 is 0 Å². The van der Waals surface area contributed by atoms with Crippen LogP contribution in [0.2, 0.25) is 0 Å². The highest BCUT2D eigenvalue weighted by molar-refractivity contribution is 5.41. The molecule has 0 unspecified atom stereocenters. The first-order chi connectivity index (χ1) is 8.69. The van der Waals surface area contributed by atoms with Crippen molar-refractivity contribution in [2.75, 3.05) is 30.3 Å². The minimum Gasteiger partial charge on any atom is -0.396 e. The van der Waals surface area contributed by atoms with Crippen LogP contribution < -0.4 is 10.6 Å². The molecular formula is C13H24N4O. The van der Waals surface area contributed by atoms with E-state index in [0.717, 1.165) is 31.0 Å². The molecular weight excluding hydrogens is 228 g/mol. The molecule has 0 saturated heterocycles. The highest BCUT2D eigenvalue weighted by Gasteiger charge is 2.25. The Balaban J connectivity index is 2.64. The van der Waals surface area contributed by atoms with Gasteiger partial charge in [-0.3, -0.25) is 4.98 Å². The molecule has 5 heteroatoms. The van der Waals surface area contributed by atoms with Crippen LogP contribution in [0.1, 0.15) is 33.6 Å². The van der Waals surface area contributed by atoms with Gasteiger partial charge < -0.3 is 15.7 Å². The standard InChI is InChI=1S/C13H24N4O/c1-4-13(5-2,10-18)9-16-12-8-14-7-11(17-12)15-6-3/h7-8,18H,4-6,9-10H2,1-3H3,(H2,15,16,17). The summed E-state index contributed by atoms with van der Waals surface area (Å²) in [5, 5.41) is 15.9. The zero-order valence-corrected chi connectivity index (χ0v) is 11.5. The van der Waals surface area contributed by atoms with E-state index in [9.17, 15) is 5.11 Å². The number of aromatic nitrogens is 2. The van der Waals surface area contributed by atoms with Gasteiger partial charge in [0.1, 0.15) is 11.6 Å². The van der Waals surface area contributed by atoms with Gasteiger partial charge in [-0.1, -0.05) is 13.8 Å². The van der Waals surface area contributed by atoms with E-state index >= 15 is 0 Å². The van der Waals surface area contributed by atoms with Crippen LogP contribution in [-0.4, -0.2) is 34.8 Å². The van der Waals surface area contributed by atoms with Crippen LogP contribution in [0.25, 0.3) is 0 Å². The van der Waals surface area contributed by atoms with E-state index in [1.54, 1.807) is 12.4 Å². The van der Waals surface area contributed by atoms with Gasteiger partial charge in [0.25, 0.3) is 0 Å². The summed E-state index contributed by atoms with van der Waals surface area (Å²) in [6, 6.07) is 0. The first-order valence-electron chi connectivity index (χ1n) is 6.60. The van der Waals surface area contributed by atoms with Gasteiger partial charge in [-0.2, -0.15) is 0 Å². The van der Waals surface area contributed by atoms with E-state index in [1.807, 2.05) is 6.92 Å². The Bertz CT molecular complexity index is 344. The molecule has 0 aliphatic heterocycles. The molecule has 0 saturated carbocycles. The second kappa shape index (κ2) is 7.16. The summed E-state index contributed by atoms with van der Waals surface area (Å²) in [5.41, 5.74) is -0.0735. The third kappa shape index (κ3) is 3.84. The average Bonchev–Trinajstić information content (AvgIpc) is 2.42. The fourth-order valence-electron chi connectivity index (χ4n) is 1.78. The van der Waals surface area contributed by atoms with Crippen molar-refractivity contribution < 1.29 is 5.11 Å². The number of aliphatic hydroxyl groups is 1. The van der Waals surface area contributed by atoms with Gasteiger partial charge in [-0.15, -0.1) is 0 Å². The topological polar surface area (TPSA) is 70.1 Å². The number of nitrogens with one attached hydrogen (secondary N) is 2. The van der Waals surface area contributed by atoms with Crippen molar-refractivity contribution in [2.45, 2.75) is 33.6 Å². The molecule has 0 atom stereocenters. The minimum atomic E-state index is -0.0735. The molecule has 0 fully saturated rings. The normalized spacial score (nSPS) is 11.3. The van der Waals surface area contributed by atoms with Gasteiger partial charge in [0.15, 0.2) is 0 Å². The van der Waals surface area contributed by atoms with Gasteiger partial charge in [0.05, 0.1) is 19.0 Å². The number of nitrogens with zero attached hydrogens (tertiary/aromatic N) is 2. The molecule has 0 aromatic carbocycles. The second-order valence-corrected chi connectivity index (χ2v) is 4.54. The van der Waals surface area contributed by atoms with Gasteiger partial charge in [0, 0.05) is 18.5 Å². The molecule has 18 heavy (non-hydrogen) atoms. The van der Waals surface area contributed by atoms with E-state index in [0.29, 0.717) is 6.54 Å². The van der Waals surface area contributed by atoms with Crippen LogP contribution in [0.4, 0.5) is 11.6 Å². The lowest BCUT2D eigenvalue weighted by Gasteiger charge is -2.29. The van der Waals surface area contributed by atoms with E-state index in [4.69, 9.17) is 0 Å². The number of aliphatic hydroxyl groups excluding tert-OH is 1. The summed E-state index contributed by atoms with van der Waals surface area (Å²) in [7, 11) is 0. The van der Waals surface area contributed by atoms with Gasteiger partial charge >= 0.3 is 0 Å². The maximum absolute atomic E-state index is 9.50. The molecule has 0 aliphatic rings. The minimum absolute atomic E-state index is 0.0735. The van der Waals surface area contributed by atoms with E-state index in [2.05, 4.69) is 34.4 Å². The summed E-state index contributed by atoms with van der Waals surface area (Å²) in [4.78, 5) is 8.53. The van der Waals surface area contributed by atoms with Gasteiger partial charge in [-0.25, -0.2) is 4.98 Å². The summed E-state index contributed by atoms with van der Waals surface area (Å²) >= 11 is 0. The van der Waals surface area contributed by atoms with Gasteiger partial charge in [-0.05, 0) is 19.8 Å². The summed E-state index contributed by atoms with van der Waals surface area (Å²) < 4.78 is 0. The van der Waals surface area contributed by atoms with Crippen LogP contribution in [0.15, 0.2) is 12.4 Å². The fourth-order valence-corrected chi connectivity index (χ4v) is 1.78. The van der Waals surface area contributed by atoms with E-state index in [1.165, 1.54) is 0 Å². The zero-order chi connectivity index (χ0) is 13.4. The molecule has 0 spiro atoms. The number of hydrogen-bond acceptors (Lipinski definition) is 5. The second-order valence-electron chi connectivity index (χ2n) is 4.54. The third-order valence-electron chi connectivity index (χ3n) is 3.47. The number of hydrogen-bond donors (Lipinski definition) is 3. The molecule has 102 valence electrons. The molecule has 0 radical (unpaired) electrons. The molecule has 3 N–H and O–H groups in total. The highest BCUT2D eigenvalue weighted by Crippen LogP contribution is 2.25. The monoisotopic (exact) mass is 252 g/mol. The van der Waals surface area contributed by atoms with Crippen LogP contribution in [0.3, 0.4) is 0 Å². The quantitative estimate of drug-likeness (QED) is 0.661.